The van der Waals surface area contributed by atoms with Gasteiger partial charge < -0.3 is 5.11 Å². The van der Waals surface area contributed by atoms with Gasteiger partial charge in [0.2, 0.25) is 0 Å². The Kier molecular flexibility index (Phi) is 2.89. The predicted molar refractivity (Wildman–Crippen MR) is 65.6 cm³/mol. The van der Waals surface area contributed by atoms with E-state index < -0.39 is 5.97 Å². The number of nitrogens with zero attached hydrogens (tertiary/aromatic N) is 1. The molecule has 0 bridgehead atoms. The van der Waals surface area contributed by atoms with Gasteiger partial charge in [-0.05, 0) is 34.5 Å². The maximum absolute atomic E-state index is 11.1. The molecule has 3 nitrogen and oxygen atoms in total. The second-order valence-electron chi connectivity index (χ2n) is 3.55. The summed E-state index contributed by atoms with van der Waals surface area (Å²) in [5.74, 6) is -0.992. The number of carboxylic acids is 1. The number of benzene rings is 2. The van der Waals surface area contributed by atoms with E-state index in [4.69, 9.17) is 10.4 Å². The van der Waals surface area contributed by atoms with Gasteiger partial charge in [0.15, 0.2) is 0 Å². The molecule has 0 aliphatic carbocycles. The fourth-order valence-electron chi connectivity index (χ4n) is 1.71. The Hall–Kier alpha value is -2.60. The molecule has 0 heterocycles. The van der Waals surface area contributed by atoms with Crippen molar-refractivity contribution in [2.24, 2.45) is 0 Å². The third-order valence-electron chi connectivity index (χ3n) is 2.49. The smallest absolute Gasteiger partial charge is 0.336 e. The third kappa shape index (κ3) is 2.16. The van der Waals surface area contributed by atoms with Gasteiger partial charge in [-0.15, -0.1) is 0 Å². The van der Waals surface area contributed by atoms with Gasteiger partial charge >= 0.3 is 5.97 Å². The molecule has 0 fully saturated rings. The van der Waals surface area contributed by atoms with Crippen LogP contribution in [0.25, 0.3) is 16.8 Å². The zero-order valence-electron chi connectivity index (χ0n) is 8.92. The van der Waals surface area contributed by atoms with Crippen molar-refractivity contribution in [3.05, 3.63) is 53.6 Å². The number of hydrogen-bond donors (Lipinski definition) is 1. The third-order valence-corrected chi connectivity index (χ3v) is 2.49. The van der Waals surface area contributed by atoms with Crippen molar-refractivity contribution in [3.63, 3.8) is 0 Å². The van der Waals surface area contributed by atoms with Gasteiger partial charge in [-0.2, -0.15) is 5.26 Å². The number of fused-ring (bicyclic) bond motifs is 1. The highest BCUT2D eigenvalue weighted by Gasteiger charge is 2.09. The van der Waals surface area contributed by atoms with Crippen LogP contribution in [0.15, 0.2) is 42.5 Å². The number of allylic oxidation sites excluding steroid dienone is 1. The molecule has 0 aromatic heterocycles. The van der Waals surface area contributed by atoms with Gasteiger partial charge in [-0.3, -0.25) is 0 Å². The van der Waals surface area contributed by atoms with E-state index in [0.29, 0.717) is 5.56 Å². The molecule has 0 saturated heterocycles. The van der Waals surface area contributed by atoms with Crippen LogP contribution in [0, 0.1) is 11.3 Å². The van der Waals surface area contributed by atoms with E-state index in [1.807, 2.05) is 30.3 Å². The van der Waals surface area contributed by atoms with Crippen molar-refractivity contribution in [3.8, 4) is 6.07 Å². The Labute approximate surface area is 98.2 Å². The lowest BCUT2D eigenvalue weighted by Gasteiger charge is -2.04. The van der Waals surface area contributed by atoms with E-state index in [0.717, 1.165) is 10.8 Å². The standard InChI is InChI=1S/C14H9NO2/c15-7-3-6-12-8-10-4-1-2-5-11(10)9-13(12)14(16)17/h1-6,8-9H,(H,16,17). The Bertz CT molecular complexity index is 651. The Morgan fingerprint density at radius 3 is 2.47 bits per heavy atom. The molecule has 0 amide bonds. The molecule has 3 heteroatoms. The largest absolute Gasteiger partial charge is 0.478 e. The summed E-state index contributed by atoms with van der Waals surface area (Å²) in [7, 11) is 0. The average molecular weight is 223 g/mol. The average Bonchev–Trinajstić information content (AvgIpc) is 2.35. The van der Waals surface area contributed by atoms with Crippen LogP contribution in [-0.4, -0.2) is 11.1 Å². The highest BCUT2D eigenvalue weighted by molar-refractivity contribution is 5.98. The predicted octanol–water partition coefficient (Wildman–Crippen LogP) is 3.07. The summed E-state index contributed by atoms with van der Waals surface area (Å²) in [6.07, 6.45) is 2.78. The van der Waals surface area contributed by atoms with Crippen LogP contribution < -0.4 is 0 Å². The second kappa shape index (κ2) is 4.50. The Morgan fingerprint density at radius 2 is 1.88 bits per heavy atom. The van der Waals surface area contributed by atoms with Gasteiger partial charge in [0, 0.05) is 6.08 Å². The van der Waals surface area contributed by atoms with E-state index >= 15 is 0 Å². The van der Waals surface area contributed by atoms with Crippen LogP contribution >= 0.6 is 0 Å². The summed E-state index contributed by atoms with van der Waals surface area (Å²) in [5, 5.41) is 19.4. The van der Waals surface area contributed by atoms with Crippen LogP contribution in [0.2, 0.25) is 0 Å². The second-order valence-corrected chi connectivity index (χ2v) is 3.55. The summed E-state index contributed by atoms with van der Waals surface area (Å²) >= 11 is 0. The lowest BCUT2D eigenvalue weighted by molar-refractivity contribution is 0.0697. The molecule has 0 unspecified atom stereocenters. The number of carbonyl (C=O) groups is 1. The van der Waals surface area contributed by atoms with Crippen molar-refractivity contribution < 1.29 is 9.90 Å². The molecule has 1 N–H and O–H groups in total. The SMILES string of the molecule is N#CC=Cc1cc2ccccc2cc1C(=O)O. The minimum atomic E-state index is -0.992. The number of carboxylic acid groups (broad SMARTS) is 1. The number of rotatable bonds is 2. The summed E-state index contributed by atoms with van der Waals surface area (Å²) in [6.45, 7) is 0. The van der Waals surface area contributed by atoms with Crippen LogP contribution in [0.5, 0.6) is 0 Å². The first-order valence-corrected chi connectivity index (χ1v) is 5.04. The minimum Gasteiger partial charge on any atom is -0.478 e. The lowest BCUT2D eigenvalue weighted by atomic mass is 10.0. The zero-order chi connectivity index (χ0) is 12.3. The van der Waals surface area contributed by atoms with Gasteiger partial charge in [-0.25, -0.2) is 4.79 Å². The van der Waals surface area contributed by atoms with Crippen molar-refractivity contribution in [2.45, 2.75) is 0 Å². The van der Waals surface area contributed by atoms with E-state index in [2.05, 4.69) is 0 Å². The molecule has 0 aliphatic heterocycles. The Balaban J connectivity index is 2.71. The van der Waals surface area contributed by atoms with Crippen molar-refractivity contribution in [2.75, 3.05) is 0 Å². The summed E-state index contributed by atoms with van der Waals surface area (Å²) < 4.78 is 0. The molecule has 0 aliphatic rings. The Morgan fingerprint density at radius 1 is 1.24 bits per heavy atom. The molecule has 0 radical (unpaired) electrons. The molecule has 2 aromatic rings. The van der Waals surface area contributed by atoms with Gasteiger partial charge in [0.05, 0.1) is 11.6 Å². The first kappa shape index (κ1) is 10.9. The van der Waals surface area contributed by atoms with E-state index in [1.54, 1.807) is 12.1 Å². The van der Waals surface area contributed by atoms with Crippen molar-refractivity contribution >= 4 is 22.8 Å². The zero-order valence-corrected chi connectivity index (χ0v) is 8.92. The number of nitriles is 1. The molecule has 2 rings (SSSR count). The van der Waals surface area contributed by atoms with Gasteiger partial charge in [0.25, 0.3) is 0 Å². The van der Waals surface area contributed by atoms with Crippen LogP contribution in [0.1, 0.15) is 15.9 Å². The van der Waals surface area contributed by atoms with Gasteiger partial charge in [-0.1, -0.05) is 24.3 Å². The molecule has 0 spiro atoms. The van der Waals surface area contributed by atoms with E-state index in [1.165, 1.54) is 12.2 Å². The molecular formula is C14H9NO2. The topological polar surface area (TPSA) is 61.1 Å². The number of hydrogen-bond acceptors (Lipinski definition) is 2. The molecule has 17 heavy (non-hydrogen) atoms. The monoisotopic (exact) mass is 223 g/mol. The fourth-order valence-corrected chi connectivity index (χ4v) is 1.71. The normalized spacial score (nSPS) is 10.5. The molecule has 2 aromatic carbocycles. The highest BCUT2D eigenvalue weighted by Crippen LogP contribution is 2.21. The lowest BCUT2D eigenvalue weighted by Crippen LogP contribution is -1.99. The van der Waals surface area contributed by atoms with Crippen molar-refractivity contribution in [1.29, 1.82) is 5.26 Å². The summed E-state index contributed by atoms with van der Waals surface area (Å²) in [6, 6.07) is 12.8. The maximum atomic E-state index is 11.1. The van der Waals surface area contributed by atoms with Crippen LogP contribution in [-0.2, 0) is 0 Å². The summed E-state index contributed by atoms with van der Waals surface area (Å²) in [5.41, 5.74) is 0.743. The highest BCUT2D eigenvalue weighted by atomic mass is 16.4. The quantitative estimate of drug-likeness (QED) is 0.796. The van der Waals surface area contributed by atoms with E-state index in [9.17, 15) is 4.79 Å². The minimum absolute atomic E-state index is 0.204. The molecular weight excluding hydrogens is 214 g/mol. The molecule has 0 atom stereocenters. The number of aromatic carboxylic acids is 1. The molecule has 82 valence electrons. The fraction of sp³-hybridized carbons (Fsp3) is 0. The van der Waals surface area contributed by atoms with Gasteiger partial charge in [0.1, 0.15) is 0 Å². The maximum Gasteiger partial charge on any atom is 0.336 e. The first-order chi connectivity index (χ1) is 8.22. The summed E-state index contributed by atoms with van der Waals surface area (Å²) in [4.78, 5) is 11.1. The van der Waals surface area contributed by atoms with Crippen molar-refractivity contribution in [1.82, 2.24) is 0 Å². The van der Waals surface area contributed by atoms with Crippen LogP contribution in [0.4, 0.5) is 0 Å². The first-order valence-electron chi connectivity index (χ1n) is 5.04. The molecule has 0 saturated carbocycles. The van der Waals surface area contributed by atoms with Crippen LogP contribution in [0.3, 0.4) is 0 Å². The van der Waals surface area contributed by atoms with E-state index in [-0.39, 0.29) is 5.56 Å².